The highest BCUT2D eigenvalue weighted by atomic mass is 32.2. The summed E-state index contributed by atoms with van der Waals surface area (Å²) in [5.74, 6) is 0.770. The molecule has 0 aliphatic carbocycles. The van der Waals surface area contributed by atoms with Gasteiger partial charge in [0.1, 0.15) is 5.76 Å². The zero-order valence-electron chi connectivity index (χ0n) is 15.3. The van der Waals surface area contributed by atoms with Crippen LogP contribution in [0.15, 0.2) is 63.8 Å². The van der Waals surface area contributed by atoms with Gasteiger partial charge in [-0.3, -0.25) is 4.79 Å². The highest BCUT2D eigenvalue weighted by molar-refractivity contribution is 7.86. The van der Waals surface area contributed by atoms with Crippen LogP contribution < -0.4 is 8.92 Å². The van der Waals surface area contributed by atoms with Crippen molar-refractivity contribution >= 4 is 16.0 Å². The van der Waals surface area contributed by atoms with Crippen LogP contribution in [0.2, 0.25) is 0 Å². The fourth-order valence-corrected chi connectivity index (χ4v) is 3.07. The number of benzene rings is 1. The van der Waals surface area contributed by atoms with Gasteiger partial charge < -0.3 is 22.7 Å². The van der Waals surface area contributed by atoms with Crippen molar-refractivity contribution in [2.45, 2.75) is 13.1 Å². The van der Waals surface area contributed by atoms with E-state index >= 15 is 0 Å². The highest BCUT2D eigenvalue weighted by Crippen LogP contribution is 2.30. The molecule has 1 aromatic carbocycles. The molecule has 148 valence electrons. The van der Waals surface area contributed by atoms with Gasteiger partial charge in [0.05, 0.1) is 32.4 Å². The number of furan rings is 2. The van der Waals surface area contributed by atoms with E-state index in [1.165, 1.54) is 30.6 Å². The first-order valence-corrected chi connectivity index (χ1v) is 10.1. The minimum Gasteiger partial charge on any atom is -0.493 e. The lowest BCUT2D eigenvalue weighted by Gasteiger charge is -2.21. The summed E-state index contributed by atoms with van der Waals surface area (Å²) >= 11 is 0. The number of amides is 1. The SMILES string of the molecule is COc1ccc(CN(Cc2ccco2)C(=O)c2ccco2)cc1OS(C)(=O)=O. The first-order chi connectivity index (χ1) is 13.4. The summed E-state index contributed by atoms with van der Waals surface area (Å²) in [6.45, 7) is 0.380. The summed E-state index contributed by atoms with van der Waals surface area (Å²) in [5.41, 5.74) is 0.644. The van der Waals surface area contributed by atoms with Crippen molar-refractivity contribution in [3.05, 3.63) is 72.1 Å². The van der Waals surface area contributed by atoms with Crippen LogP contribution in [0, 0.1) is 0 Å². The van der Waals surface area contributed by atoms with E-state index in [0.29, 0.717) is 11.3 Å². The largest absolute Gasteiger partial charge is 0.493 e. The monoisotopic (exact) mass is 405 g/mol. The predicted molar refractivity (Wildman–Crippen MR) is 99.5 cm³/mol. The molecule has 0 saturated heterocycles. The van der Waals surface area contributed by atoms with Crippen LogP contribution in [0.3, 0.4) is 0 Å². The van der Waals surface area contributed by atoms with Gasteiger partial charge in [0, 0.05) is 6.54 Å². The first kappa shape index (κ1) is 19.6. The Morgan fingerprint density at radius 2 is 1.79 bits per heavy atom. The van der Waals surface area contributed by atoms with E-state index in [0.717, 1.165) is 6.26 Å². The average Bonchev–Trinajstić information content (AvgIpc) is 3.33. The van der Waals surface area contributed by atoms with Gasteiger partial charge in [-0.25, -0.2) is 0 Å². The van der Waals surface area contributed by atoms with Crippen LogP contribution in [-0.4, -0.2) is 32.6 Å². The molecule has 0 aliphatic heterocycles. The third-order valence-electron chi connectivity index (χ3n) is 3.79. The Bertz CT molecular complexity index is 1020. The standard InChI is InChI=1S/C19H19NO7S/c1-24-16-8-7-14(11-18(16)27-28(2,22)23)12-20(13-15-5-3-9-25-15)19(21)17-6-4-10-26-17/h3-11H,12-13H2,1-2H3. The maximum Gasteiger partial charge on any atom is 0.306 e. The smallest absolute Gasteiger partial charge is 0.306 e. The zero-order valence-corrected chi connectivity index (χ0v) is 16.1. The Morgan fingerprint density at radius 3 is 2.39 bits per heavy atom. The summed E-state index contributed by atoms with van der Waals surface area (Å²) in [6, 6.07) is 11.5. The molecule has 2 heterocycles. The van der Waals surface area contributed by atoms with Gasteiger partial charge in [-0.1, -0.05) is 6.07 Å². The Labute approximate surface area is 162 Å². The maximum atomic E-state index is 12.8. The van der Waals surface area contributed by atoms with E-state index < -0.39 is 10.1 Å². The molecule has 0 N–H and O–H groups in total. The number of carbonyl (C=O) groups is 1. The van der Waals surface area contributed by atoms with Crippen molar-refractivity contribution in [1.29, 1.82) is 0 Å². The summed E-state index contributed by atoms with van der Waals surface area (Å²) in [5, 5.41) is 0. The van der Waals surface area contributed by atoms with E-state index in [9.17, 15) is 13.2 Å². The van der Waals surface area contributed by atoms with Gasteiger partial charge in [0.25, 0.3) is 5.91 Å². The number of hydrogen-bond acceptors (Lipinski definition) is 7. The number of hydrogen-bond donors (Lipinski definition) is 0. The van der Waals surface area contributed by atoms with Crippen LogP contribution >= 0.6 is 0 Å². The number of nitrogens with zero attached hydrogens (tertiary/aromatic N) is 1. The summed E-state index contributed by atoms with van der Waals surface area (Å²) in [6.07, 6.45) is 3.89. The van der Waals surface area contributed by atoms with Crippen LogP contribution in [0.1, 0.15) is 21.9 Å². The molecule has 2 aromatic heterocycles. The van der Waals surface area contributed by atoms with Gasteiger partial charge in [-0.15, -0.1) is 0 Å². The molecule has 0 bridgehead atoms. The second kappa shape index (κ2) is 8.22. The molecular weight excluding hydrogens is 386 g/mol. The Hall–Kier alpha value is -3.20. The van der Waals surface area contributed by atoms with Crippen LogP contribution in [0.4, 0.5) is 0 Å². The number of carbonyl (C=O) groups excluding carboxylic acids is 1. The molecule has 9 heteroatoms. The van der Waals surface area contributed by atoms with Crippen LogP contribution in [0.5, 0.6) is 11.5 Å². The minimum atomic E-state index is -3.74. The summed E-state index contributed by atoms with van der Waals surface area (Å²) in [4.78, 5) is 14.3. The number of ether oxygens (including phenoxy) is 1. The van der Waals surface area contributed by atoms with Crippen molar-refractivity contribution in [2.75, 3.05) is 13.4 Å². The van der Waals surface area contributed by atoms with Gasteiger partial charge in [-0.2, -0.15) is 8.42 Å². The lowest BCUT2D eigenvalue weighted by atomic mass is 10.1. The van der Waals surface area contributed by atoms with E-state index in [-0.39, 0.29) is 36.3 Å². The predicted octanol–water partition coefficient (Wildman–Crippen LogP) is 3.06. The topological polar surface area (TPSA) is 99.2 Å². The van der Waals surface area contributed by atoms with Gasteiger partial charge in [0.15, 0.2) is 17.3 Å². The molecule has 3 aromatic rings. The lowest BCUT2D eigenvalue weighted by Crippen LogP contribution is -2.29. The fourth-order valence-electron chi connectivity index (χ4n) is 2.61. The summed E-state index contributed by atoms with van der Waals surface area (Å²) in [7, 11) is -2.33. The molecule has 28 heavy (non-hydrogen) atoms. The molecule has 0 saturated carbocycles. The maximum absolute atomic E-state index is 12.8. The quantitative estimate of drug-likeness (QED) is 0.531. The van der Waals surface area contributed by atoms with E-state index in [4.69, 9.17) is 17.8 Å². The molecule has 0 atom stereocenters. The molecule has 0 aliphatic rings. The van der Waals surface area contributed by atoms with Crippen molar-refractivity contribution < 1.29 is 31.0 Å². The van der Waals surface area contributed by atoms with E-state index in [1.807, 2.05) is 0 Å². The minimum absolute atomic E-state index is 0.0471. The van der Waals surface area contributed by atoms with Gasteiger partial charge >= 0.3 is 10.1 Å². The molecule has 0 radical (unpaired) electrons. The fraction of sp³-hybridized carbons (Fsp3) is 0.211. The first-order valence-electron chi connectivity index (χ1n) is 8.27. The molecule has 8 nitrogen and oxygen atoms in total. The number of rotatable bonds is 8. The molecular formula is C19H19NO7S. The highest BCUT2D eigenvalue weighted by Gasteiger charge is 2.21. The van der Waals surface area contributed by atoms with Crippen LogP contribution in [-0.2, 0) is 23.2 Å². The second-order valence-corrected chi connectivity index (χ2v) is 7.57. The van der Waals surface area contributed by atoms with Crippen molar-refractivity contribution in [3.8, 4) is 11.5 Å². The van der Waals surface area contributed by atoms with Crippen molar-refractivity contribution in [1.82, 2.24) is 4.90 Å². The molecule has 1 amide bonds. The Morgan fingerprint density at radius 1 is 1.04 bits per heavy atom. The van der Waals surface area contributed by atoms with Gasteiger partial charge in [-0.05, 0) is 42.0 Å². The molecule has 0 spiro atoms. The van der Waals surface area contributed by atoms with Crippen molar-refractivity contribution in [3.63, 3.8) is 0 Å². The van der Waals surface area contributed by atoms with Crippen molar-refractivity contribution in [2.24, 2.45) is 0 Å². The Kier molecular flexibility index (Phi) is 5.74. The Balaban J connectivity index is 1.89. The number of methoxy groups -OCH3 is 1. The molecule has 3 rings (SSSR count). The van der Waals surface area contributed by atoms with Gasteiger partial charge in [0.2, 0.25) is 0 Å². The average molecular weight is 405 g/mol. The summed E-state index contributed by atoms with van der Waals surface area (Å²) < 4.78 is 43.7. The van der Waals surface area contributed by atoms with E-state index in [1.54, 1.807) is 36.4 Å². The third-order valence-corrected chi connectivity index (χ3v) is 4.27. The van der Waals surface area contributed by atoms with E-state index in [2.05, 4.69) is 0 Å². The third kappa shape index (κ3) is 4.95. The molecule has 0 fully saturated rings. The normalized spacial score (nSPS) is 11.2. The molecule has 0 unspecified atom stereocenters. The zero-order chi connectivity index (χ0) is 20.1. The lowest BCUT2D eigenvalue weighted by molar-refractivity contribution is 0.0685. The second-order valence-electron chi connectivity index (χ2n) is 5.99. The van der Waals surface area contributed by atoms with Crippen LogP contribution in [0.25, 0.3) is 0 Å².